The maximum atomic E-state index is 11.8. The molecule has 0 aliphatic rings. The van der Waals surface area contributed by atoms with Gasteiger partial charge >= 0.3 is 0 Å². The van der Waals surface area contributed by atoms with Crippen molar-refractivity contribution in [2.24, 2.45) is 5.73 Å². The van der Waals surface area contributed by atoms with Crippen LogP contribution < -0.4 is 15.8 Å². The SMILES string of the molecule is CC(C)NC(=O)C(C)Oc1ccccc1[C@@H](C)N. The largest absolute Gasteiger partial charge is 0.481 e. The Balaban J connectivity index is 2.75. The second-order valence-electron chi connectivity index (χ2n) is 4.75. The van der Waals surface area contributed by atoms with Gasteiger partial charge in [-0.05, 0) is 33.8 Å². The van der Waals surface area contributed by atoms with E-state index < -0.39 is 6.10 Å². The van der Waals surface area contributed by atoms with Gasteiger partial charge in [0.1, 0.15) is 5.75 Å². The van der Waals surface area contributed by atoms with E-state index in [4.69, 9.17) is 10.5 Å². The molecule has 1 rings (SSSR count). The highest BCUT2D eigenvalue weighted by Crippen LogP contribution is 2.24. The second-order valence-corrected chi connectivity index (χ2v) is 4.75. The van der Waals surface area contributed by atoms with Gasteiger partial charge in [-0.15, -0.1) is 0 Å². The summed E-state index contributed by atoms with van der Waals surface area (Å²) < 4.78 is 5.68. The topological polar surface area (TPSA) is 64.3 Å². The minimum Gasteiger partial charge on any atom is -0.481 e. The average molecular weight is 250 g/mol. The van der Waals surface area contributed by atoms with Crippen LogP contribution in [-0.2, 0) is 4.79 Å². The van der Waals surface area contributed by atoms with Crippen LogP contribution in [0.15, 0.2) is 24.3 Å². The molecule has 3 N–H and O–H groups in total. The Morgan fingerprint density at radius 1 is 1.22 bits per heavy atom. The average Bonchev–Trinajstić information content (AvgIpc) is 2.28. The lowest BCUT2D eigenvalue weighted by molar-refractivity contribution is -0.127. The first-order valence-corrected chi connectivity index (χ1v) is 6.23. The maximum Gasteiger partial charge on any atom is 0.260 e. The third-order valence-electron chi connectivity index (χ3n) is 2.51. The molecule has 100 valence electrons. The van der Waals surface area contributed by atoms with Crippen molar-refractivity contribution < 1.29 is 9.53 Å². The third kappa shape index (κ3) is 4.04. The number of nitrogens with two attached hydrogens (primary N) is 1. The van der Waals surface area contributed by atoms with E-state index in [1.165, 1.54) is 0 Å². The van der Waals surface area contributed by atoms with E-state index in [1.807, 2.05) is 45.0 Å². The molecule has 0 aromatic heterocycles. The van der Waals surface area contributed by atoms with Crippen LogP contribution in [0.5, 0.6) is 5.75 Å². The minimum atomic E-state index is -0.535. The number of para-hydroxylation sites is 1. The summed E-state index contributed by atoms with van der Waals surface area (Å²) in [7, 11) is 0. The van der Waals surface area contributed by atoms with Crippen LogP contribution in [0.4, 0.5) is 0 Å². The Morgan fingerprint density at radius 2 is 1.83 bits per heavy atom. The molecule has 0 saturated heterocycles. The molecule has 0 heterocycles. The van der Waals surface area contributed by atoms with E-state index in [0.717, 1.165) is 5.56 Å². The number of hydrogen-bond acceptors (Lipinski definition) is 3. The summed E-state index contributed by atoms with van der Waals surface area (Å²) in [5.41, 5.74) is 6.77. The number of hydrogen-bond donors (Lipinski definition) is 2. The van der Waals surface area contributed by atoms with Gasteiger partial charge in [-0.25, -0.2) is 0 Å². The van der Waals surface area contributed by atoms with Crippen molar-refractivity contribution in [3.63, 3.8) is 0 Å². The Bertz CT molecular complexity index is 403. The molecule has 1 aromatic carbocycles. The molecule has 0 aliphatic heterocycles. The number of carbonyl (C=O) groups is 1. The fourth-order valence-electron chi connectivity index (χ4n) is 1.61. The van der Waals surface area contributed by atoms with Crippen LogP contribution in [0.25, 0.3) is 0 Å². The highest BCUT2D eigenvalue weighted by atomic mass is 16.5. The molecule has 4 nitrogen and oxygen atoms in total. The summed E-state index contributed by atoms with van der Waals surface area (Å²) in [6.45, 7) is 7.46. The summed E-state index contributed by atoms with van der Waals surface area (Å²) in [5, 5.41) is 2.82. The fraction of sp³-hybridized carbons (Fsp3) is 0.500. The van der Waals surface area contributed by atoms with E-state index in [1.54, 1.807) is 6.92 Å². The van der Waals surface area contributed by atoms with Crippen molar-refractivity contribution in [2.75, 3.05) is 0 Å². The molecular formula is C14H22N2O2. The molecule has 1 aromatic rings. The zero-order valence-corrected chi connectivity index (χ0v) is 11.4. The van der Waals surface area contributed by atoms with E-state index >= 15 is 0 Å². The molecule has 18 heavy (non-hydrogen) atoms. The lowest BCUT2D eigenvalue weighted by atomic mass is 10.1. The lowest BCUT2D eigenvalue weighted by Crippen LogP contribution is -2.40. The summed E-state index contributed by atoms with van der Waals surface area (Å²) in [6, 6.07) is 7.50. The summed E-state index contributed by atoms with van der Waals surface area (Å²) in [4.78, 5) is 11.8. The molecule has 0 radical (unpaired) electrons. The van der Waals surface area contributed by atoms with Crippen molar-refractivity contribution in [3.8, 4) is 5.75 Å². The number of benzene rings is 1. The van der Waals surface area contributed by atoms with Gasteiger partial charge in [0.2, 0.25) is 0 Å². The van der Waals surface area contributed by atoms with Gasteiger partial charge in [0.05, 0.1) is 0 Å². The number of nitrogens with one attached hydrogen (secondary N) is 1. The molecule has 1 amide bonds. The Morgan fingerprint density at radius 3 is 2.39 bits per heavy atom. The fourth-order valence-corrected chi connectivity index (χ4v) is 1.61. The highest BCUT2D eigenvalue weighted by Gasteiger charge is 2.17. The number of carbonyl (C=O) groups excluding carboxylic acids is 1. The number of amides is 1. The van der Waals surface area contributed by atoms with Crippen LogP contribution in [0, 0.1) is 0 Å². The molecule has 4 heteroatoms. The predicted octanol–water partition coefficient (Wildman–Crippen LogP) is 2.00. The molecule has 0 aliphatic carbocycles. The van der Waals surface area contributed by atoms with Gasteiger partial charge in [-0.3, -0.25) is 4.79 Å². The van der Waals surface area contributed by atoms with Crippen molar-refractivity contribution >= 4 is 5.91 Å². The first-order chi connectivity index (χ1) is 8.41. The summed E-state index contributed by atoms with van der Waals surface area (Å²) in [6.07, 6.45) is -0.535. The Kier molecular flexibility index (Phi) is 5.16. The van der Waals surface area contributed by atoms with Gasteiger partial charge in [-0.2, -0.15) is 0 Å². The zero-order valence-electron chi connectivity index (χ0n) is 11.4. The smallest absolute Gasteiger partial charge is 0.260 e. The lowest BCUT2D eigenvalue weighted by Gasteiger charge is -2.19. The van der Waals surface area contributed by atoms with E-state index in [9.17, 15) is 4.79 Å². The molecule has 0 bridgehead atoms. The van der Waals surface area contributed by atoms with E-state index in [-0.39, 0.29) is 18.0 Å². The molecule has 2 atom stereocenters. The maximum absolute atomic E-state index is 11.8. The van der Waals surface area contributed by atoms with Crippen molar-refractivity contribution in [3.05, 3.63) is 29.8 Å². The molecule has 0 saturated carbocycles. The van der Waals surface area contributed by atoms with Gasteiger partial charge in [0.25, 0.3) is 5.91 Å². The van der Waals surface area contributed by atoms with Gasteiger partial charge in [0, 0.05) is 17.6 Å². The first kappa shape index (κ1) is 14.5. The second kappa shape index (κ2) is 6.40. The standard InChI is InChI=1S/C14H22N2O2/c1-9(2)16-14(17)11(4)18-13-8-6-5-7-12(13)10(3)15/h5-11H,15H2,1-4H3,(H,16,17)/t10-,11?/m1/s1. The molecule has 0 fully saturated rings. The third-order valence-corrected chi connectivity index (χ3v) is 2.51. The molecular weight excluding hydrogens is 228 g/mol. The quantitative estimate of drug-likeness (QED) is 0.840. The molecule has 1 unspecified atom stereocenters. The highest BCUT2D eigenvalue weighted by molar-refractivity contribution is 5.80. The Hall–Kier alpha value is -1.55. The van der Waals surface area contributed by atoms with Crippen LogP contribution in [0.3, 0.4) is 0 Å². The monoisotopic (exact) mass is 250 g/mol. The van der Waals surface area contributed by atoms with Crippen molar-refractivity contribution in [1.29, 1.82) is 0 Å². The normalized spacial score (nSPS) is 14.1. The Labute approximate surface area is 109 Å². The van der Waals surface area contributed by atoms with Crippen LogP contribution in [0.1, 0.15) is 39.3 Å². The van der Waals surface area contributed by atoms with Crippen molar-refractivity contribution in [2.45, 2.75) is 45.9 Å². The minimum absolute atomic E-state index is 0.104. The predicted molar refractivity (Wildman–Crippen MR) is 72.4 cm³/mol. The van der Waals surface area contributed by atoms with E-state index in [2.05, 4.69) is 5.32 Å². The van der Waals surface area contributed by atoms with Crippen LogP contribution in [0.2, 0.25) is 0 Å². The number of ether oxygens (including phenoxy) is 1. The van der Waals surface area contributed by atoms with Crippen LogP contribution >= 0.6 is 0 Å². The first-order valence-electron chi connectivity index (χ1n) is 6.23. The van der Waals surface area contributed by atoms with Gasteiger partial charge < -0.3 is 15.8 Å². The zero-order chi connectivity index (χ0) is 13.7. The van der Waals surface area contributed by atoms with Crippen LogP contribution in [-0.4, -0.2) is 18.1 Å². The number of rotatable bonds is 5. The summed E-state index contributed by atoms with van der Waals surface area (Å²) >= 11 is 0. The van der Waals surface area contributed by atoms with Crippen molar-refractivity contribution in [1.82, 2.24) is 5.32 Å². The van der Waals surface area contributed by atoms with Gasteiger partial charge in [-0.1, -0.05) is 18.2 Å². The summed E-state index contributed by atoms with van der Waals surface area (Å²) in [5.74, 6) is 0.545. The molecule has 0 spiro atoms. The van der Waals surface area contributed by atoms with E-state index in [0.29, 0.717) is 5.75 Å². The van der Waals surface area contributed by atoms with Gasteiger partial charge in [0.15, 0.2) is 6.10 Å².